The minimum atomic E-state index is -0.674. The quantitative estimate of drug-likeness (QED) is 0.814. The van der Waals surface area contributed by atoms with Gasteiger partial charge in [-0.15, -0.1) is 0 Å². The Bertz CT molecular complexity index is 773. The van der Waals surface area contributed by atoms with Gasteiger partial charge >= 0.3 is 11.8 Å². The maximum Gasteiger partial charge on any atom is 0.314 e. The van der Waals surface area contributed by atoms with Crippen LogP contribution in [0.4, 0.5) is 11.4 Å². The van der Waals surface area contributed by atoms with Crippen molar-refractivity contribution in [2.24, 2.45) is 0 Å². The number of benzene rings is 2. The van der Waals surface area contributed by atoms with Crippen molar-refractivity contribution >= 4 is 23.2 Å². The number of rotatable bonds is 2. The summed E-state index contributed by atoms with van der Waals surface area (Å²) in [6.07, 6.45) is 0. The lowest BCUT2D eigenvalue weighted by atomic mass is 9.86. The Morgan fingerprint density at radius 2 is 1.33 bits per heavy atom. The highest BCUT2D eigenvalue weighted by molar-refractivity contribution is 6.43. The Morgan fingerprint density at radius 1 is 0.792 bits per heavy atom. The molecular weight excluding hydrogens is 300 g/mol. The normalized spacial score (nSPS) is 11.0. The van der Waals surface area contributed by atoms with Crippen molar-refractivity contribution in [3.05, 3.63) is 59.2 Å². The molecule has 0 aliphatic rings. The second-order valence-corrected chi connectivity index (χ2v) is 6.95. The first kappa shape index (κ1) is 17.7. The molecule has 0 bridgehead atoms. The number of para-hydroxylation sites is 1. The van der Waals surface area contributed by atoms with E-state index in [1.165, 1.54) is 0 Å². The Balaban J connectivity index is 2.16. The van der Waals surface area contributed by atoms with Crippen LogP contribution >= 0.6 is 0 Å². The first-order valence-electron chi connectivity index (χ1n) is 7.98. The fraction of sp³-hybridized carbons (Fsp3) is 0.300. The number of anilines is 2. The average Bonchev–Trinajstić information content (AvgIpc) is 2.51. The smallest absolute Gasteiger partial charge is 0.314 e. The number of nitrogens with one attached hydrogen (secondary N) is 2. The Morgan fingerprint density at radius 3 is 1.96 bits per heavy atom. The predicted molar refractivity (Wildman–Crippen MR) is 98.3 cm³/mol. The largest absolute Gasteiger partial charge is 0.318 e. The van der Waals surface area contributed by atoms with Gasteiger partial charge in [-0.05, 0) is 48.1 Å². The first-order valence-corrected chi connectivity index (χ1v) is 7.98. The second kappa shape index (κ2) is 6.87. The summed E-state index contributed by atoms with van der Waals surface area (Å²) < 4.78 is 0. The minimum Gasteiger partial charge on any atom is -0.318 e. The van der Waals surface area contributed by atoms with E-state index in [2.05, 4.69) is 31.4 Å². The molecule has 0 unspecified atom stereocenters. The van der Waals surface area contributed by atoms with E-state index in [0.717, 1.165) is 16.7 Å². The zero-order valence-corrected chi connectivity index (χ0v) is 14.9. The number of aryl methyl sites for hydroxylation is 1. The molecule has 0 aromatic heterocycles. The fourth-order valence-electron chi connectivity index (χ4n) is 2.49. The molecule has 0 spiro atoms. The SMILES string of the molecule is Cc1cccc(NC(=O)C(=O)Nc2ccccc2C(C)(C)C)c1C. The molecule has 0 radical (unpaired) electrons. The number of carbonyl (C=O) groups excluding carboxylic acids is 2. The predicted octanol–water partition coefficient (Wildman–Crippen LogP) is 4.18. The maximum atomic E-state index is 12.3. The third-order valence-electron chi connectivity index (χ3n) is 4.04. The van der Waals surface area contributed by atoms with Crippen LogP contribution in [-0.2, 0) is 15.0 Å². The third-order valence-corrected chi connectivity index (χ3v) is 4.04. The molecular formula is C20H24N2O2. The minimum absolute atomic E-state index is 0.131. The summed E-state index contributed by atoms with van der Waals surface area (Å²) in [6, 6.07) is 13.1. The molecule has 0 saturated carbocycles. The third kappa shape index (κ3) is 4.02. The van der Waals surface area contributed by atoms with Gasteiger partial charge in [0.2, 0.25) is 0 Å². The molecule has 2 rings (SSSR count). The molecule has 0 heterocycles. The van der Waals surface area contributed by atoms with Crippen LogP contribution in [0.2, 0.25) is 0 Å². The van der Waals surface area contributed by atoms with Crippen LogP contribution in [0.1, 0.15) is 37.5 Å². The second-order valence-electron chi connectivity index (χ2n) is 6.95. The van der Waals surface area contributed by atoms with Crippen molar-refractivity contribution in [1.29, 1.82) is 0 Å². The van der Waals surface area contributed by atoms with Crippen LogP contribution < -0.4 is 10.6 Å². The molecule has 0 aliphatic heterocycles. The van der Waals surface area contributed by atoms with Crippen LogP contribution in [0, 0.1) is 13.8 Å². The van der Waals surface area contributed by atoms with Gasteiger partial charge in [-0.2, -0.15) is 0 Å². The van der Waals surface area contributed by atoms with Gasteiger partial charge in [-0.3, -0.25) is 9.59 Å². The Kier molecular flexibility index (Phi) is 5.07. The zero-order valence-electron chi connectivity index (χ0n) is 14.9. The van der Waals surface area contributed by atoms with E-state index in [9.17, 15) is 9.59 Å². The topological polar surface area (TPSA) is 58.2 Å². The number of hydrogen-bond acceptors (Lipinski definition) is 2. The average molecular weight is 324 g/mol. The standard InChI is InChI=1S/C20H24N2O2/c1-13-9-8-12-16(14(13)2)21-18(23)19(24)22-17-11-7-6-10-15(17)20(3,4)5/h6-12H,1-5H3,(H,21,23)(H,22,24). The van der Waals surface area contributed by atoms with E-state index in [1.807, 2.05) is 50.2 Å². The molecule has 0 saturated heterocycles. The van der Waals surface area contributed by atoms with Gasteiger partial charge in [0.25, 0.3) is 0 Å². The molecule has 126 valence electrons. The van der Waals surface area contributed by atoms with Crippen LogP contribution in [0.25, 0.3) is 0 Å². The molecule has 2 aromatic carbocycles. The summed E-state index contributed by atoms with van der Waals surface area (Å²) in [5, 5.41) is 5.40. The fourth-order valence-corrected chi connectivity index (χ4v) is 2.49. The van der Waals surface area contributed by atoms with Crippen molar-refractivity contribution in [2.45, 2.75) is 40.0 Å². The van der Waals surface area contributed by atoms with Crippen molar-refractivity contribution < 1.29 is 9.59 Å². The molecule has 0 fully saturated rings. The first-order chi connectivity index (χ1) is 11.2. The van der Waals surface area contributed by atoms with Crippen molar-refractivity contribution in [2.75, 3.05) is 10.6 Å². The van der Waals surface area contributed by atoms with Gasteiger partial charge in [-0.1, -0.05) is 51.1 Å². The monoisotopic (exact) mass is 324 g/mol. The summed E-state index contributed by atoms with van der Waals surface area (Å²) in [6.45, 7) is 10.1. The van der Waals surface area contributed by atoms with E-state index >= 15 is 0 Å². The van der Waals surface area contributed by atoms with Crippen LogP contribution in [0.3, 0.4) is 0 Å². The molecule has 4 heteroatoms. The molecule has 0 atom stereocenters. The summed E-state index contributed by atoms with van der Waals surface area (Å²) in [4.78, 5) is 24.5. The summed E-state index contributed by atoms with van der Waals surface area (Å²) in [7, 11) is 0. The highest BCUT2D eigenvalue weighted by Crippen LogP contribution is 2.29. The van der Waals surface area contributed by atoms with Gasteiger partial charge in [0, 0.05) is 11.4 Å². The number of amides is 2. The molecule has 2 N–H and O–H groups in total. The number of hydrogen-bond donors (Lipinski definition) is 2. The van der Waals surface area contributed by atoms with Crippen molar-refractivity contribution in [1.82, 2.24) is 0 Å². The van der Waals surface area contributed by atoms with Gasteiger partial charge < -0.3 is 10.6 Å². The zero-order chi connectivity index (χ0) is 17.9. The van der Waals surface area contributed by atoms with Gasteiger partial charge in [0.1, 0.15) is 0 Å². The highest BCUT2D eigenvalue weighted by atomic mass is 16.2. The van der Waals surface area contributed by atoms with E-state index in [1.54, 1.807) is 6.07 Å². The van der Waals surface area contributed by atoms with E-state index < -0.39 is 11.8 Å². The lowest BCUT2D eigenvalue weighted by Crippen LogP contribution is -2.30. The van der Waals surface area contributed by atoms with E-state index in [-0.39, 0.29) is 5.41 Å². The summed E-state index contributed by atoms with van der Waals surface area (Å²) in [5.74, 6) is -1.35. The maximum absolute atomic E-state index is 12.3. The van der Waals surface area contributed by atoms with Crippen molar-refractivity contribution in [3.8, 4) is 0 Å². The summed E-state index contributed by atoms with van der Waals surface area (Å²) >= 11 is 0. The molecule has 24 heavy (non-hydrogen) atoms. The Labute approximate surface area is 143 Å². The molecule has 0 aliphatic carbocycles. The molecule has 2 amide bonds. The Hall–Kier alpha value is -2.62. The number of carbonyl (C=O) groups is 2. The van der Waals surface area contributed by atoms with Crippen LogP contribution in [0.5, 0.6) is 0 Å². The highest BCUT2D eigenvalue weighted by Gasteiger charge is 2.21. The molecule has 2 aromatic rings. The summed E-state index contributed by atoms with van der Waals surface area (Å²) in [5.41, 5.74) is 4.18. The molecule has 4 nitrogen and oxygen atoms in total. The van der Waals surface area contributed by atoms with Crippen LogP contribution in [-0.4, -0.2) is 11.8 Å². The lowest BCUT2D eigenvalue weighted by molar-refractivity contribution is -0.133. The van der Waals surface area contributed by atoms with Crippen molar-refractivity contribution in [3.63, 3.8) is 0 Å². The van der Waals surface area contributed by atoms with Crippen LogP contribution in [0.15, 0.2) is 42.5 Å². The van der Waals surface area contributed by atoms with E-state index in [4.69, 9.17) is 0 Å². The lowest BCUT2D eigenvalue weighted by Gasteiger charge is -2.22. The van der Waals surface area contributed by atoms with Gasteiger partial charge in [0.05, 0.1) is 0 Å². The van der Waals surface area contributed by atoms with Gasteiger partial charge in [-0.25, -0.2) is 0 Å². The van der Waals surface area contributed by atoms with Gasteiger partial charge in [0.15, 0.2) is 0 Å². The van der Waals surface area contributed by atoms with E-state index in [0.29, 0.717) is 11.4 Å².